The van der Waals surface area contributed by atoms with E-state index in [1.165, 1.54) is 4.57 Å². The molecule has 0 fully saturated rings. The fourth-order valence-corrected chi connectivity index (χ4v) is 1.22. The van der Waals surface area contributed by atoms with E-state index in [1.54, 1.807) is 0 Å². The van der Waals surface area contributed by atoms with Crippen molar-refractivity contribution in [1.29, 1.82) is 10.5 Å². The van der Waals surface area contributed by atoms with Crippen molar-refractivity contribution < 1.29 is 0 Å². The van der Waals surface area contributed by atoms with Crippen LogP contribution in [0.15, 0.2) is 0 Å². The van der Waals surface area contributed by atoms with Crippen LogP contribution >= 0.6 is 0 Å². The van der Waals surface area contributed by atoms with E-state index >= 15 is 0 Å². The first kappa shape index (κ1) is 8.95. The maximum absolute atomic E-state index is 8.71. The molecule has 4 N–H and O–H groups in total. The Kier molecular flexibility index (Phi) is 2.12. The second-order valence-corrected chi connectivity index (χ2v) is 2.49. The maximum Gasteiger partial charge on any atom is 0.124 e. The van der Waals surface area contributed by atoms with Gasteiger partial charge in [-0.1, -0.05) is 0 Å². The SMILES string of the molecule is CCn1c(N)c(C#N)c(C#N)c1N. The lowest BCUT2D eigenvalue weighted by molar-refractivity contribution is 0.790. The summed E-state index contributed by atoms with van der Waals surface area (Å²) >= 11 is 0. The highest BCUT2D eigenvalue weighted by atomic mass is 15.1. The first-order valence-electron chi connectivity index (χ1n) is 3.75. The van der Waals surface area contributed by atoms with Crippen LogP contribution in [0.1, 0.15) is 18.1 Å². The Morgan fingerprint density at radius 2 is 1.54 bits per heavy atom. The molecule has 0 aliphatic rings. The van der Waals surface area contributed by atoms with E-state index in [0.717, 1.165) is 0 Å². The lowest BCUT2D eigenvalue weighted by atomic mass is 10.2. The van der Waals surface area contributed by atoms with Crippen LogP contribution in [0.2, 0.25) is 0 Å². The lowest BCUT2D eigenvalue weighted by Crippen LogP contribution is -2.04. The normalized spacial score (nSPS) is 9.15. The number of anilines is 2. The first-order valence-corrected chi connectivity index (χ1v) is 3.75. The number of nitrogen functional groups attached to an aromatic ring is 2. The van der Waals surface area contributed by atoms with Crippen molar-refractivity contribution in [2.75, 3.05) is 11.5 Å². The van der Waals surface area contributed by atoms with Gasteiger partial charge in [0.2, 0.25) is 0 Å². The Balaban J connectivity index is 3.56. The van der Waals surface area contributed by atoms with Crippen molar-refractivity contribution >= 4 is 11.6 Å². The Morgan fingerprint density at radius 1 is 1.15 bits per heavy atom. The van der Waals surface area contributed by atoms with Gasteiger partial charge in [0.25, 0.3) is 0 Å². The van der Waals surface area contributed by atoms with E-state index in [9.17, 15) is 0 Å². The van der Waals surface area contributed by atoms with Gasteiger partial charge >= 0.3 is 0 Å². The third-order valence-corrected chi connectivity index (χ3v) is 1.88. The molecule has 0 aliphatic carbocycles. The Morgan fingerprint density at radius 3 is 1.77 bits per heavy atom. The van der Waals surface area contributed by atoms with Gasteiger partial charge in [0.15, 0.2) is 0 Å². The second-order valence-electron chi connectivity index (χ2n) is 2.49. The number of nitrogens with two attached hydrogens (primary N) is 2. The minimum Gasteiger partial charge on any atom is -0.384 e. The third kappa shape index (κ3) is 1.07. The van der Waals surface area contributed by atoms with E-state index < -0.39 is 0 Å². The second kappa shape index (κ2) is 3.08. The first-order chi connectivity index (χ1) is 6.17. The minimum absolute atomic E-state index is 0.168. The summed E-state index contributed by atoms with van der Waals surface area (Å²) in [5, 5.41) is 17.4. The fraction of sp³-hybridized carbons (Fsp3) is 0.250. The van der Waals surface area contributed by atoms with E-state index in [2.05, 4.69) is 0 Å². The largest absolute Gasteiger partial charge is 0.384 e. The molecule has 5 heteroatoms. The number of aromatic nitrogens is 1. The average Bonchev–Trinajstić information content (AvgIpc) is 2.36. The van der Waals surface area contributed by atoms with Crippen LogP contribution in [-0.2, 0) is 6.54 Å². The van der Waals surface area contributed by atoms with Gasteiger partial charge < -0.3 is 16.0 Å². The van der Waals surface area contributed by atoms with Gasteiger partial charge in [-0.15, -0.1) is 0 Å². The molecule has 0 unspecified atom stereocenters. The summed E-state index contributed by atoms with van der Waals surface area (Å²) in [7, 11) is 0. The van der Waals surface area contributed by atoms with E-state index in [-0.39, 0.29) is 22.8 Å². The smallest absolute Gasteiger partial charge is 0.124 e. The summed E-state index contributed by atoms with van der Waals surface area (Å²) in [6.45, 7) is 2.39. The molecule has 0 spiro atoms. The molecule has 0 aliphatic heterocycles. The van der Waals surface area contributed by atoms with Gasteiger partial charge in [0.1, 0.15) is 34.9 Å². The highest BCUT2D eigenvalue weighted by Gasteiger charge is 2.17. The van der Waals surface area contributed by atoms with Crippen molar-refractivity contribution in [1.82, 2.24) is 4.57 Å². The number of nitriles is 2. The molecule has 0 atom stereocenters. The molecule has 1 aromatic heterocycles. The average molecular weight is 175 g/mol. The van der Waals surface area contributed by atoms with Gasteiger partial charge in [0.05, 0.1) is 0 Å². The molecule has 0 bridgehead atoms. The third-order valence-electron chi connectivity index (χ3n) is 1.88. The summed E-state index contributed by atoms with van der Waals surface area (Å²) < 4.78 is 1.54. The molecule has 1 rings (SSSR count). The van der Waals surface area contributed by atoms with Crippen molar-refractivity contribution in [2.45, 2.75) is 13.5 Å². The van der Waals surface area contributed by atoms with Crippen LogP contribution in [0, 0.1) is 22.7 Å². The lowest BCUT2D eigenvalue weighted by Gasteiger charge is -2.02. The van der Waals surface area contributed by atoms with Crippen LogP contribution in [0.4, 0.5) is 11.6 Å². The van der Waals surface area contributed by atoms with E-state index in [0.29, 0.717) is 6.54 Å². The van der Waals surface area contributed by atoms with Crippen LogP contribution in [0.3, 0.4) is 0 Å². The number of hydrogen-bond donors (Lipinski definition) is 2. The minimum atomic E-state index is 0.168. The molecule has 0 amide bonds. The predicted molar refractivity (Wildman–Crippen MR) is 48.4 cm³/mol. The summed E-state index contributed by atoms with van der Waals surface area (Å²) in [6.07, 6.45) is 0. The zero-order valence-corrected chi connectivity index (χ0v) is 7.20. The molecule has 0 radical (unpaired) electrons. The van der Waals surface area contributed by atoms with Crippen LogP contribution in [0.25, 0.3) is 0 Å². The molecule has 13 heavy (non-hydrogen) atoms. The molecule has 1 heterocycles. The highest BCUT2D eigenvalue weighted by Crippen LogP contribution is 2.25. The molecule has 0 saturated carbocycles. The van der Waals surface area contributed by atoms with Crippen molar-refractivity contribution in [3.63, 3.8) is 0 Å². The molecule has 0 saturated heterocycles. The predicted octanol–water partition coefficient (Wildman–Crippen LogP) is 0.416. The van der Waals surface area contributed by atoms with Gasteiger partial charge in [-0.3, -0.25) is 0 Å². The van der Waals surface area contributed by atoms with Crippen LogP contribution < -0.4 is 11.5 Å². The molecule has 1 aromatic rings. The van der Waals surface area contributed by atoms with E-state index in [4.69, 9.17) is 22.0 Å². The molecule has 66 valence electrons. The summed E-state index contributed by atoms with van der Waals surface area (Å²) in [5.41, 5.74) is 11.6. The van der Waals surface area contributed by atoms with Crippen molar-refractivity contribution in [3.8, 4) is 12.1 Å². The summed E-state index contributed by atoms with van der Waals surface area (Å²) in [4.78, 5) is 0. The molecular weight excluding hydrogens is 166 g/mol. The van der Waals surface area contributed by atoms with Gasteiger partial charge in [-0.05, 0) is 6.92 Å². The Labute approximate surface area is 75.8 Å². The molecular formula is C8H9N5. The van der Waals surface area contributed by atoms with E-state index in [1.807, 2.05) is 19.1 Å². The topological polar surface area (TPSA) is 105 Å². The highest BCUT2D eigenvalue weighted by molar-refractivity contribution is 5.70. The number of hydrogen-bond acceptors (Lipinski definition) is 4. The zero-order valence-electron chi connectivity index (χ0n) is 7.20. The zero-order chi connectivity index (χ0) is 10.0. The number of nitrogens with zero attached hydrogens (tertiary/aromatic N) is 3. The molecule has 0 aromatic carbocycles. The van der Waals surface area contributed by atoms with Crippen LogP contribution in [0.5, 0.6) is 0 Å². The Bertz CT molecular complexity index is 378. The Hall–Kier alpha value is -2.14. The standard InChI is InChI=1S/C8H9N5/c1-2-13-7(11)5(3-9)6(4-10)8(13)12/h2,11-12H2,1H3. The summed E-state index contributed by atoms with van der Waals surface area (Å²) in [5.74, 6) is 0.526. The van der Waals surface area contributed by atoms with Crippen LogP contribution in [-0.4, -0.2) is 4.57 Å². The van der Waals surface area contributed by atoms with Crippen molar-refractivity contribution in [2.24, 2.45) is 0 Å². The van der Waals surface area contributed by atoms with Gasteiger partial charge in [-0.25, -0.2) is 0 Å². The van der Waals surface area contributed by atoms with Crippen molar-refractivity contribution in [3.05, 3.63) is 11.1 Å². The number of rotatable bonds is 1. The van der Waals surface area contributed by atoms with Gasteiger partial charge in [-0.2, -0.15) is 10.5 Å². The quantitative estimate of drug-likeness (QED) is 0.645. The molecule has 5 nitrogen and oxygen atoms in total. The monoisotopic (exact) mass is 175 g/mol. The summed E-state index contributed by atoms with van der Waals surface area (Å²) in [6, 6.07) is 3.72. The van der Waals surface area contributed by atoms with Gasteiger partial charge in [0, 0.05) is 6.54 Å². The maximum atomic E-state index is 8.71. The fourth-order valence-electron chi connectivity index (χ4n) is 1.22.